The van der Waals surface area contributed by atoms with Gasteiger partial charge in [-0.25, -0.2) is 0 Å². The smallest absolute Gasteiger partial charge is 0.0251 e. The predicted molar refractivity (Wildman–Crippen MR) is 69.2 cm³/mol. The topological polar surface area (TPSA) is 0 Å². The summed E-state index contributed by atoms with van der Waals surface area (Å²) in [7, 11) is 0. The third-order valence-corrected chi connectivity index (χ3v) is 2.67. The van der Waals surface area contributed by atoms with Crippen LogP contribution >= 0.6 is 0 Å². The minimum Gasteiger partial charge on any atom is -0.115 e. The molecule has 0 aliphatic rings. The van der Waals surface area contributed by atoms with Gasteiger partial charge in [-0.1, -0.05) is 49.2 Å². The van der Waals surface area contributed by atoms with Crippen LogP contribution in [0.15, 0.2) is 48.5 Å². The van der Waals surface area contributed by atoms with Crippen LogP contribution in [-0.2, 0) is 6.42 Å². The number of rotatable bonds is 2. The molecule has 0 heteroatoms. The molecule has 2 aromatic carbocycles. The van der Waals surface area contributed by atoms with Crippen LogP contribution in [-0.4, -0.2) is 0 Å². The second-order valence-electron chi connectivity index (χ2n) is 3.78. The highest BCUT2D eigenvalue weighted by molar-refractivity contribution is 5.66. The van der Waals surface area contributed by atoms with Crippen LogP contribution in [0, 0.1) is 12.3 Å². The van der Waals surface area contributed by atoms with Crippen molar-refractivity contribution in [2.45, 2.75) is 13.3 Å². The maximum atomic E-state index is 5.47. The van der Waals surface area contributed by atoms with E-state index in [1.807, 2.05) is 18.2 Å². The third kappa shape index (κ3) is 2.15. The van der Waals surface area contributed by atoms with E-state index in [4.69, 9.17) is 6.42 Å². The zero-order chi connectivity index (χ0) is 11.4. The van der Waals surface area contributed by atoms with Gasteiger partial charge in [0.2, 0.25) is 0 Å². The molecule has 78 valence electrons. The fourth-order valence-corrected chi connectivity index (χ4v) is 1.78. The largest absolute Gasteiger partial charge is 0.115 e. The zero-order valence-corrected chi connectivity index (χ0v) is 9.40. The molecule has 0 radical (unpaired) electrons. The first-order valence-corrected chi connectivity index (χ1v) is 5.49. The number of hydrogen-bond acceptors (Lipinski definition) is 0. The van der Waals surface area contributed by atoms with Gasteiger partial charge in [0.15, 0.2) is 0 Å². The van der Waals surface area contributed by atoms with Crippen molar-refractivity contribution in [3.63, 3.8) is 0 Å². The summed E-state index contributed by atoms with van der Waals surface area (Å²) >= 11 is 0. The summed E-state index contributed by atoms with van der Waals surface area (Å²) < 4.78 is 0. The fraction of sp³-hybridized carbons (Fsp3) is 0.125. The second-order valence-corrected chi connectivity index (χ2v) is 3.78. The minimum absolute atomic E-state index is 0.957. The van der Waals surface area contributed by atoms with Crippen molar-refractivity contribution in [3.8, 4) is 23.5 Å². The van der Waals surface area contributed by atoms with Crippen molar-refractivity contribution < 1.29 is 0 Å². The van der Waals surface area contributed by atoms with Crippen LogP contribution in [0.4, 0.5) is 0 Å². The van der Waals surface area contributed by atoms with Crippen LogP contribution < -0.4 is 0 Å². The van der Waals surface area contributed by atoms with Gasteiger partial charge in [0.05, 0.1) is 0 Å². The Hall–Kier alpha value is -2.00. The molecule has 0 atom stereocenters. The van der Waals surface area contributed by atoms with Gasteiger partial charge in [0, 0.05) is 5.56 Å². The van der Waals surface area contributed by atoms with E-state index >= 15 is 0 Å². The van der Waals surface area contributed by atoms with Gasteiger partial charge in [0.1, 0.15) is 0 Å². The Balaban J connectivity index is 2.54. The van der Waals surface area contributed by atoms with Crippen molar-refractivity contribution >= 4 is 0 Å². The van der Waals surface area contributed by atoms with Gasteiger partial charge in [-0.3, -0.25) is 0 Å². The molecule has 16 heavy (non-hydrogen) atoms. The summed E-state index contributed by atoms with van der Waals surface area (Å²) in [4.78, 5) is 0. The van der Waals surface area contributed by atoms with Crippen molar-refractivity contribution in [3.05, 3.63) is 59.7 Å². The monoisotopic (exact) mass is 206 g/mol. The molecule has 0 saturated carbocycles. The molecule has 0 fully saturated rings. The maximum absolute atomic E-state index is 5.47. The molecule has 2 aromatic rings. The van der Waals surface area contributed by atoms with Crippen LogP contribution in [0.2, 0.25) is 0 Å². The standard InChI is InChI=1S/C16H14/c1-3-13-10-14(4-2)12-16(11-13)15-8-6-5-7-9-15/h1,5-12H,4H2,2H3. The van der Waals surface area contributed by atoms with Gasteiger partial charge < -0.3 is 0 Å². The Morgan fingerprint density at radius 2 is 1.75 bits per heavy atom. The van der Waals surface area contributed by atoms with Crippen LogP contribution in [0.5, 0.6) is 0 Å². The summed E-state index contributed by atoms with van der Waals surface area (Å²) in [6, 6.07) is 16.7. The maximum Gasteiger partial charge on any atom is 0.0251 e. The lowest BCUT2D eigenvalue weighted by Crippen LogP contribution is -1.86. The molecule has 0 bridgehead atoms. The van der Waals surface area contributed by atoms with E-state index in [2.05, 4.69) is 43.2 Å². The highest BCUT2D eigenvalue weighted by Crippen LogP contribution is 2.22. The van der Waals surface area contributed by atoms with Gasteiger partial charge in [-0.05, 0) is 35.2 Å². The Bertz CT molecular complexity index is 515. The van der Waals surface area contributed by atoms with Gasteiger partial charge in [0.25, 0.3) is 0 Å². The first kappa shape index (κ1) is 10.5. The van der Waals surface area contributed by atoms with E-state index < -0.39 is 0 Å². The summed E-state index contributed by atoms with van der Waals surface area (Å²) in [5.74, 6) is 2.71. The molecule has 0 nitrogen and oxygen atoms in total. The molecule has 0 saturated heterocycles. The van der Waals surface area contributed by atoms with Crippen LogP contribution in [0.1, 0.15) is 18.1 Å². The molecule has 0 aromatic heterocycles. The van der Waals surface area contributed by atoms with E-state index in [1.54, 1.807) is 0 Å². The Morgan fingerprint density at radius 3 is 2.38 bits per heavy atom. The number of hydrogen-bond donors (Lipinski definition) is 0. The van der Waals surface area contributed by atoms with E-state index in [0.29, 0.717) is 0 Å². The molecule has 0 unspecified atom stereocenters. The molecule has 0 aliphatic heterocycles. The number of aryl methyl sites for hydroxylation is 1. The Labute approximate surface area is 96.9 Å². The van der Waals surface area contributed by atoms with Crippen LogP contribution in [0.25, 0.3) is 11.1 Å². The average molecular weight is 206 g/mol. The zero-order valence-electron chi connectivity index (χ0n) is 9.40. The van der Waals surface area contributed by atoms with Crippen LogP contribution in [0.3, 0.4) is 0 Å². The first-order valence-electron chi connectivity index (χ1n) is 5.49. The van der Waals surface area contributed by atoms with Crippen molar-refractivity contribution in [1.82, 2.24) is 0 Å². The minimum atomic E-state index is 0.957. The highest BCUT2D eigenvalue weighted by atomic mass is 14.0. The number of terminal acetylenes is 1. The van der Waals surface area contributed by atoms with E-state index in [9.17, 15) is 0 Å². The molecule has 0 N–H and O–H groups in total. The normalized spacial score (nSPS) is 9.75. The molecule has 0 spiro atoms. The highest BCUT2D eigenvalue weighted by Gasteiger charge is 2.00. The van der Waals surface area contributed by atoms with Crippen molar-refractivity contribution in [2.75, 3.05) is 0 Å². The molecule has 2 rings (SSSR count). The van der Waals surface area contributed by atoms with E-state index in [1.165, 1.54) is 16.7 Å². The van der Waals surface area contributed by atoms with Crippen molar-refractivity contribution in [2.24, 2.45) is 0 Å². The summed E-state index contributed by atoms with van der Waals surface area (Å²) in [5.41, 5.74) is 4.66. The summed E-state index contributed by atoms with van der Waals surface area (Å²) in [6.07, 6.45) is 6.48. The Kier molecular flexibility index (Phi) is 3.08. The lowest BCUT2D eigenvalue weighted by molar-refractivity contribution is 1.14. The van der Waals surface area contributed by atoms with Crippen molar-refractivity contribution in [1.29, 1.82) is 0 Å². The van der Waals surface area contributed by atoms with Gasteiger partial charge >= 0.3 is 0 Å². The summed E-state index contributed by atoms with van der Waals surface area (Å²) in [6.45, 7) is 2.14. The molecule has 0 heterocycles. The quantitative estimate of drug-likeness (QED) is 0.654. The first-order chi connectivity index (χ1) is 7.83. The Morgan fingerprint density at radius 1 is 1.00 bits per heavy atom. The lowest BCUT2D eigenvalue weighted by Gasteiger charge is -2.05. The van der Waals surface area contributed by atoms with E-state index in [0.717, 1.165) is 12.0 Å². The SMILES string of the molecule is C#Cc1cc(CC)cc(-c2ccccc2)c1. The molecular weight excluding hydrogens is 192 g/mol. The van der Waals surface area contributed by atoms with E-state index in [-0.39, 0.29) is 0 Å². The predicted octanol–water partition coefficient (Wildman–Crippen LogP) is 3.90. The lowest BCUT2D eigenvalue weighted by atomic mass is 9.99. The fourth-order valence-electron chi connectivity index (χ4n) is 1.78. The molecule has 0 aliphatic carbocycles. The second kappa shape index (κ2) is 4.68. The third-order valence-electron chi connectivity index (χ3n) is 2.67. The summed E-state index contributed by atoms with van der Waals surface area (Å²) in [5, 5.41) is 0. The van der Waals surface area contributed by atoms with Gasteiger partial charge in [-0.2, -0.15) is 0 Å². The average Bonchev–Trinajstić information content (AvgIpc) is 2.39. The molecular formula is C16H14. The number of benzene rings is 2. The van der Waals surface area contributed by atoms with Gasteiger partial charge in [-0.15, -0.1) is 6.42 Å². The molecule has 0 amide bonds.